The minimum Gasteiger partial charge on any atom is -0.337 e. The van der Waals surface area contributed by atoms with Crippen LogP contribution in [0.5, 0.6) is 0 Å². The maximum atomic E-state index is 12.5. The third-order valence-electron chi connectivity index (χ3n) is 3.41. The molecule has 0 fully saturated rings. The van der Waals surface area contributed by atoms with Crippen LogP contribution in [0.25, 0.3) is 5.69 Å². The van der Waals surface area contributed by atoms with E-state index in [2.05, 4.69) is 26.0 Å². The SMILES string of the molecule is CN(Cc1cccnc1)C(=O)c1cnn(-c2ccc(Br)cc2)c1. The third kappa shape index (κ3) is 3.65. The quantitative estimate of drug-likeness (QED) is 0.707. The zero-order chi connectivity index (χ0) is 16.2. The van der Waals surface area contributed by atoms with Crippen molar-refractivity contribution < 1.29 is 4.79 Å². The average molecular weight is 371 g/mol. The Labute approximate surface area is 142 Å². The van der Waals surface area contributed by atoms with Gasteiger partial charge in [0.1, 0.15) is 0 Å². The zero-order valence-corrected chi connectivity index (χ0v) is 14.1. The van der Waals surface area contributed by atoms with E-state index in [-0.39, 0.29) is 5.91 Å². The van der Waals surface area contributed by atoms with Crippen LogP contribution in [0.2, 0.25) is 0 Å². The van der Waals surface area contributed by atoms with E-state index in [1.54, 1.807) is 41.4 Å². The lowest BCUT2D eigenvalue weighted by Crippen LogP contribution is -2.25. The molecule has 0 unspecified atom stereocenters. The Hall–Kier alpha value is -2.47. The molecule has 3 aromatic rings. The summed E-state index contributed by atoms with van der Waals surface area (Å²) in [5, 5.41) is 4.27. The molecule has 116 valence electrons. The van der Waals surface area contributed by atoms with Gasteiger partial charge in [-0.2, -0.15) is 5.10 Å². The molecule has 0 saturated heterocycles. The molecular weight excluding hydrogens is 356 g/mol. The lowest BCUT2D eigenvalue weighted by atomic mass is 10.2. The number of benzene rings is 1. The number of halogens is 1. The fraction of sp³-hybridized carbons (Fsp3) is 0.118. The summed E-state index contributed by atoms with van der Waals surface area (Å²) in [7, 11) is 1.77. The number of hydrogen-bond acceptors (Lipinski definition) is 3. The average Bonchev–Trinajstić information content (AvgIpc) is 3.05. The van der Waals surface area contributed by atoms with Crippen molar-refractivity contribution in [1.82, 2.24) is 19.7 Å². The first-order valence-corrected chi connectivity index (χ1v) is 7.88. The van der Waals surface area contributed by atoms with E-state index in [9.17, 15) is 4.79 Å². The molecule has 1 amide bonds. The van der Waals surface area contributed by atoms with Gasteiger partial charge in [0.2, 0.25) is 0 Å². The highest BCUT2D eigenvalue weighted by Crippen LogP contribution is 2.15. The van der Waals surface area contributed by atoms with Crippen LogP contribution in [0, 0.1) is 0 Å². The van der Waals surface area contributed by atoms with Gasteiger partial charge in [-0.05, 0) is 35.9 Å². The maximum Gasteiger partial charge on any atom is 0.257 e. The molecule has 1 aromatic carbocycles. The molecule has 0 aliphatic rings. The lowest BCUT2D eigenvalue weighted by molar-refractivity contribution is 0.0785. The van der Waals surface area contributed by atoms with E-state index in [1.807, 2.05) is 36.4 Å². The second-order valence-corrected chi connectivity index (χ2v) is 6.09. The maximum absolute atomic E-state index is 12.5. The van der Waals surface area contributed by atoms with Crippen LogP contribution >= 0.6 is 15.9 Å². The minimum absolute atomic E-state index is 0.0720. The monoisotopic (exact) mass is 370 g/mol. The van der Waals surface area contributed by atoms with E-state index in [0.717, 1.165) is 15.7 Å². The van der Waals surface area contributed by atoms with E-state index < -0.39 is 0 Å². The largest absolute Gasteiger partial charge is 0.337 e. The second-order valence-electron chi connectivity index (χ2n) is 5.17. The highest BCUT2D eigenvalue weighted by Gasteiger charge is 2.14. The summed E-state index contributed by atoms with van der Waals surface area (Å²) in [6, 6.07) is 11.6. The topological polar surface area (TPSA) is 51.0 Å². The summed E-state index contributed by atoms with van der Waals surface area (Å²) >= 11 is 3.40. The predicted octanol–water partition coefficient (Wildman–Crippen LogP) is 3.30. The van der Waals surface area contributed by atoms with E-state index in [1.165, 1.54) is 0 Å². The molecule has 3 rings (SSSR count). The highest BCUT2D eigenvalue weighted by molar-refractivity contribution is 9.10. The van der Waals surface area contributed by atoms with Crippen LogP contribution in [0.4, 0.5) is 0 Å². The van der Waals surface area contributed by atoms with Crippen molar-refractivity contribution in [1.29, 1.82) is 0 Å². The Kier molecular flexibility index (Phi) is 4.52. The van der Waals surface area contributed by atoms with Gasteiger partial charge >= 0.3 is 0 Å². The standard InChI is InChI=1S/C17H15BrN4O/c1-21(11-13-3-2-8-19-9-13)17(23)14-10-20-22(12-14)16-6-4-15(18)5-7-16/h2-10,12H,11H2,1H3. The predicted molar refractivity (Wildman–Crippen MR) is 91.3 cm³/mol. The smallest absolute Gasteiger partial charge is 0.257 e. The van der Waals surface area contributed by atoms with Crippen molar-refractivity contribution in [3.63, 3.8) is 0 Å². The van der Waals surface area contributed by atoms with Crippen LogP contribution in [0.3, 0.4) is 0 Å². The molecule has 0 N–H and O–H groups in total. The summed E-state index contributed by atoms with van der Waals surface area (Å²) in [6.45, 7) is 0.510. The molecule has 0 atom stereocenters. The highest BCUT2D eigenvalue weighted by atomic mass is 79.9. The molecule has 6 heteroatoms. The summed E-state index contributed by atoms with van der Waals surface area (Å²) in [4.78, 5) is 18.2. The van der Waals surface area contributed by atoms with Gasteiger partial charge in [0.15, 0.2) is 0 Å². The molecule has 0 spiro atoms. The second kappa shape index (κ2) is 6.75. The van der Waals surface area contributed by atoms with Crippen LogP contribution in [0.1, 0.15) is 15.9 Å². The fourth-order valence-electron chi connectivity index (χ4n) is 2.23. The summed E-state index contributed by atoms with van der Waals surface area (Å²) in [5.74, 6) is -0.0720. The summed E-state index contributed by atoms with van der Waals surface area (Å²) in [5.41, 5.74) is 2.45. The van der Waals surface area contributed by atoms with Gasteiger partial charge in [-0.3, -0.25) is 9.78 Å². The number of carbonyl (C=O) groups excluding carboxylic acids is 1. The van der Waals surface area contributed by atoms with Gasteiger partial charge in [-0.1, -0.05) is 22.0 Å². The molecule has 23 heavy (non-hydrogen) atoms. The molecule has 0 saturated carbocycles. The Morgan fingerprint density at radius 2 is 2.00 bits per heavy atom. The number of nitrogens with zero attached hydrogens (tertiary/aromatic N) is 4. The molecule has 5 nitrogen and oxygen atoms in total. The van der Waals surface area contributed by atoms with Gasteiger partial charge in [-0.25, -0.2) is 4.68 Å². The van der Waals surface area contributed by atoms with Crippen LogP contribution in [-0.4, -0.2) is 32.6 Å². The third-order valence-corrected chi connectivity index (χ3v) is 3.94. The first-order chi connectivity index (χ1) is 11.1. The number of aromatic nitrogens is 3. The van der Waals surface area contributed by atoms with Crippen LogP contribution in [-0.2, 0) is 6.54 Å². The number of amides is 1. The molecule has 0 aliphatic heterocycles. The molecule has 0 aliphatic carbocycles. The number of carbonyl (C=O) groups is 1. The van der Waals surface area contributed by atoms with Crippen molar-refractivity contribution in [3.05, 3.63) is 76.8 Å². The Morgan fingerprint density at radius 3 is 2.70 bits per heavy atom. The Bertz CT molecular complexity index is 799. The first kappa shape index (κ1) is 15.4. The van der Waals surface area contributed by atoms with Crippen LogP contribution in [0.15, 0.2) is 65.7 Å². The van der Waals surface area contributed by atoms with Gasteiger partial charge < -0.3 is 4.90 Å². The first-order valence-electron chi connectivity index (χ1n) is 7.08. The summed E-state index contributed by atoms with van der Waals surface area (Å²) < 4.78 is 2.69. The molecule has 2 aromatic heterocycles. The van der Waals surface area contributed by atoms with Crippen molar-refractivity contribution in [2.75, 3.05) is 7.05 Å². The van der Waals surface area contributed by atoms with E-state index in [0.29, 0.717) is 12.1 Å². The zero-order valence-electron chi connectivity index (χ0n) is 12.6. The van der Waals surface area contributed by atoms with Crippen molar-refractivity contribution >= 4 is 21.8 Å². The summed E-state index contributed by atoms with van der Waals surface area (Å²) in [6.07, 6.45) is 6.80. The van der Waals surface area contributed by atoms with E-state index in [4.69, 9.17) is 0 Å². The molecular formula is C17H15BrN4O. The number of rotatable bonds is 4. The minimum atomic E-state index is -0.0720. The Balaban J connectivity index is 1.74. The van der Waals surface area contributed by atoms with Crippen molar-refractivity contribution in [2.45, 2.75) is 6.54 Å². The van der Waals surface area contributed by atoms with Gasteiger partial charge in [0.25, 0.3) is 5.91 Å². The molecule has 2 heterocycles. The van der Waals surface area contributed by atoms with Crippen molar-refractivity contribution in [3.8, 4) is 5.69 Å². The fourth-order valence-corrected chi connectivity index (χ4v) is 2.49. The van der Waals surface area contributed by atoms with Gasteiger partial charge in [-0.15, -0.1) is 0 Å². The van der Waals surface area contributed by atoms with Gasteiger partial charge in [0, 0.05) is 36.7 Å². The van der Waals surface area contributed by atoms with Gasteiger partial charge in [0.05, 0.1) is 17.4 Å². The van der Waals surface area contributed by atoms with E-state index >= 15 is 0 Å². The Morgan fingerprint density at radius 1 is 1.22 bits per heavy atom. The number of hydrogen-bond donors (Lipinski definition) is 0. The normalized spacial score (nSPS) is 10.5. The molecule has 0 bridgehead atoms. The molecule has 0 radical (unpaired) electrons. The number of pyridine rings is 1. The van der Waals surface area contributed by atoms with Crippen molar-refractivity contribution in [2.24, 2.45) is 0 Å². The lowest BCUT2D eigenvalue weighted by Gasteiger charge is -2.15. The van der Waals surface area contributed by atoms with Crippen LogP contribution < -0.4 is 0 Å².